The maximum absolute atomic E-state index is 14.0. The zero-order valence-electron chi connectivity index (χ0n) is 26.7. The predicted molar refractivity (Wildman–Crippen MR) is 179 cm³/mol. The number of likely N-dealkylation sites (tertiary alicyclic amines) is 1. The summed E-state index contributed by atoms with van der Waals surface area (Å²) in [7, 11) is -2.30. The third-order valence-corrected chi connectivity index (χ3v) is 10.5. The van der Waals surface area contributed by atoms with Crippen LogP contribution >= 0.6 is 11.3 Å². The molecule has 4 rings (SSSR count). The van der Waals surface area contributed by atoms with Crippen molar-refractivity contribution in [2.24, 2.45) is 0 Å². The third kappa shape index (κ3) is 8.69. The number of hydrogen-bond donors (Lipinski definition) is 3. The molecule has 2 amide bonds. The molecule has 0 spiro atoms. The van der Waals surface area contributed by atoms with Crippen LogP contribution < -0.4 is 14.9 Å². The molecule has 1 fully saturated rings. The Morgan fingerprint density at radius 2 is 1.84 bits per heavy atom. The Labute approximate surface area is 270 Å². The zero-order valence-corrected chi connectivity index (χ0v) is 28.3. The number of benzene rings is 2. The molecule has 10 nitrogen and oxygen atoms in total. The van der Waals surface area contributed by atoms with E-state index < -0.39 is 28.1 Å². The number of aryl methyl sites for hydroxylation is 1. The van der Waals surface area contributed by atoms with Gasteiger partial charge in [0.15, 0.2) is 0 Å². The number of rotatable bonds is 14. The molecule has 45 heavy (non-hydrogen) atoms. The van der Waals surface area contributed by atoms with Gasteiger partial charge in [-0.15, -0.1) is 11.3 Å². The van der Waals surface area contributed by atoms with Gasteiger partial charge in [0.1, 0.15) is 5.01 Å². The lowest BCUT2D eigenvalue weighted by Gasteiger charge is -2.31. The molecule has 3 N–H and O–H groups in total. The first-order valence-corrected chi connectivity index (χ1v) is 18.2. The lowest BCUT2D eigenvalue weighted by atomic mass is 9.94. The average molecular weight is 656 g/mol. The smallest absolute Gasteiger partial charge is 0.254 e. The van der Waals surface area contributed by atoms with Crippen molar-refractivity contribution in [1.82, 2.24) is 20.5 Å². The van der Waals surface area contributed by atoms with Crippen LogP contribution in [-0.4, -0.2) is 79.8 Å². The van der Waals surface area contributed by atoms with Gasteiger partial charge in [-0.05, 0) is 69.3 Å². The fraction of sp³-hybridized carbons (Fsp3) is 0.485. The van der Waals surface area contributed by atoms with Gasteiger partial charge in [0.25, 0.3) is 11.8 Å². The SMILES string of the molecule is CCCNC(CC)[C@@H](O)[C@H](Cc1ccccc1)NC(=O)c1cc(C(=O)N2CCCC2c2nc(C)cs2)cc(N(C)S(C)(=O)=O)c1. The van der Waals surface area contributed by atoms with Crippen LogP contribution in [0.5, 0.6) is 0 Å². The van der Waals surface area contributed by atoms with E-state index in [0.717, 1.165) is 52.6 Å². The van der Waals surface area contributed by atoms with Gasteiger partial charge in [-0.2, -0.15) is 0 Å². The molecule has 2 heterocycles. The molecule has 0 radical (unpaired) electrons. The molecule has 2 aromatic carbocycles. The average Bonchev–Trinajstić information content (AvgIpc) is 3.69. The number of nitrogens with zero attached hydrogens (tertiary/aromatic N) is 3. The van der Waals surface area contributed by atoms with E-state index in [4.69, 9.17) is 0 Å². The van der Waals surface area contributed by atoms with E-state index in [2.05, 4.69) is 22.5 Å². The highest BCUT2D eigenvalue weighted by atomic mass is 32.2. The Bertz CT molecular complexity index is 1560. The molecule has 1 aliphatic rings. The van der Waals surface area contributed by atoms with Gasteiger partial charge < -0.3 is 20.6 Å². The minimum atomic E-state index is -3.69. The highest BCUT2D eigenvalue weighted by molar-refractivity contribution is 7.92. The summed E-state index contributed by atoms with van der Waals surface area (Å²) in [6.07, 6.45) is 3.70. The molecule has 1 aromatic heterocycles. The van der Waals surface area contributed by atoms with Gasteiger partial charge in [0.05, 0.1) is 30.1 Å². The Hall–Kier alpha value is -3.32. The maximum Gasteiger partial charge on any atom is 0.254 e. The minimum Gasteiger partial charge on any atom is -0.389 e. The summed E-state index contributed by atoms with van der Waals surface area (Å²) in [5, 5.41) is 20.7. The fourth-order valence-corrected chi connectivity index (χ4v) is 7.12. The second-order valence-electron chi connectivity index (χ2n) is 11.7. The molecular weight excluding hydrogens is 611 g/mol. The van der Waals surface area contributed by atoms with Crippen LogP contribution in [-0.2, 0) is 16.4 Å². The molecule has 2 unspecified atom stereocenters. The number of aliphatic hydroxyl groups excluding tert-OH is 1. The predicted octanol–water partition coefficient (Wildman–Crippen LogP) is 4.30. The van der Waals surface area contributed by atoms with Crippen molar-refractivity contribution in [3.8, 4) is 0 Å². The molecule has 1 aliphatic heterocycles. The standard InChI is InChI=1S/C33H45N5O5S2/c1-6-15-34-27(7-2)30(39)28(17-23-12-9-8-10-13-23)36-31(40)24-18-25(20-26(19-24)37(4)45(5,42)43)33(41)38-16-11-14-29(38)32-35-22(3)21-44-32/h8-10,12-13,18-21,27-30,34,39H,6-7,11,14-17H2,1-5H3,(H,36,40)/t27?,28-,29?,30+/m0/s1. The van der Waals surface area contributed by atoms with E-state index >= 15 is 0 Å². The number of anilines is 1. The van der Waals surface area contributed by atoms with Gasteiger partial charge in [-0.1, -0.05) is 44.2 Å². The highest BCUT2D eigenvalue weighted by Gasteiger charge is 2.34. The Kier molecular flexibility index (Phi) is 11.8. The van der Waals surface area contributed by atoms with Crippen molar-refractivity contribution in [3.05, 3.63) is 81.3 Å². The monoisotopic (exact) mass is 655 g/mol. The van der Waals surface area contributed by atoms with Crippen LogP contribution in [0.15, 0.2) is 53.9 Å². The van der Waals surface area contributed by atoms with Crippen LogP contribution in [0.3, 0.4) is 0 Å². The van der Waals surface area contributed by atoms with Crippen molar-refractivity contribution in [3.63, 3.8) is 0 Å². The number of aromatic nitrogens is 1. The minimum absolute atomic E-state index is 0.131. The van der Waals surface area contributed by atoms with Gasteiger partial charge in [0.2, 0.25) is 10.0 Å². The highest BCUT2D eigenvalue weighted by Crippen LogP contribution is 2.35. The maximum atomic E-state index is 14.0. The van der Waals surface area contributed by atoms with Gasteiger partial charge in [-0.25, -0.2) is 13.4 Å². The van der Waals surface area contributed by atoms with Crippen LogP contribution in [0.1, 0.15) is 82.6 Å². The van der Waals surface area contributed by atoms with Crippen molar-refractivity contribution in [2.45, 2.75) is 77.1 Å². The second-order valence-corrected chi connectivity index (χ2v) is 14.6. The summed E-state index contributed by atoms with van der Waals surface area (Å²) in [6.45, 7) is 7.21. The van der Waals surface area contributed by atoms with E-state index in [9.17, 15) is 23.1 Å². The molecule has 12 heteroatoms. The summed E-state index contributed by atoms with van der Waals surface area (Å²) in [6, 6.07) is 13.0. The van der Waals surface area contributed by atoms with Gasteiger partial charge in [-0.3, -0.25) is 13.9 Å². The number of carbonyl (C=O) groups excluding carboxylic acids is 2. The Morgan fingerprint density at radius 3 is 2.47 bits per heavy atom. The number of thiazole rings is 1. The fourth-order valence-electron chi connectivity index (χ4n) is 5.69. The molecule has 4 atom stereocenters. The lowest BCUT2D eigenvalue weighted by Crippen LogP contribution is -2.54. The number of sulfonamides is 1. The van der Waals surface area contributed by atoms with Crippen LogP contribution in [0.25, 0.3) is 0 Å². The van der Waals surface area contributed by atoms with Crippen molar-refractivity contribution < 1.29 is 23.1 Å². The second kappa shape index (κ2) is 15.3. The van der Waals surface area contributed by atoms with Crippen LogP contribution in [0.4, 0.5) is 5.69 Å². The van der Waals surface area contributed by atoms with Crippen LogP contribution in [0, 0.1) is 6.92 Å². The van der Waals surface area contributed by atoms with Gasteiger partial charge >= 0.3 is 0 Å². The summed E-state index contributed by atoms with van der Waals surface area (Å²) in [5.74, 6) is -0.800. The summed E-state index contributed by atoms with van der Waals surface area (Å²) in [5.41, 5.74) is 2.39. The Morgan fingerprint density at radius 1 is 1.13 bits per heavy atom. The Balaban J connectivity index is 1.69. The van der Waals surface area contributed by atoms with Crippen molar-refractivity contribution in [1.29, 1.82) is 0 Å². The molecular formula is C33H45N5O5S2. The molecule has 244 valence electrons. The molecule has 3 aromatic rings. The molecule has 0 aliphatic carbocycles. The van der Waals surface area contributed by atoms with E-state index in [0.29, 0.717) is 19.4 Å². The summed E-state index contributed by atoms with van der Waals surface area (Å²) >= 11 is 1.52. The topological polar surface area (TPSA) is 132 Å². The third-order valence-electron chi connectivity index (χ3n) is 8.26. The van der Waals surface area contributed by atoms with Crippen molar-refractivity contribution >= 4 is 38.9 Å². The van der Waals surface area contributed by atoms with E-state index in [1.54, 1.807) is 4.90 Å². The van der Waals surface area contributed by atoms with E-state index in [1.165, 1.54) is 36.6 Å². The zero-order chi connectivity index (χ0) is 32.7. The largest absolute Gasteiger partial charge is 0.389 e. The molecule has 1 saturated heterocycles. The van der Waals surface area contributed by atoms with Gasteiger partial charge in [0, 0.05) is 41.8 Å². The van der Waals surface area contributed by atoms with E-state index in [1.807, 2.05) is 49.6 Å². The number of amides is 2. The summed E-state index contributed by atoms with van der Waals surface area (Å²) < 4.78 is 26.1. The first-order valence-electron chi connectivity index (χ1n) is 15.5. The van der Waals surface area contributed by atoms with Crippen LogP contribution in [0.2, 0.25) is 0 Å². The molecule has 0 saturated carbocycles. The number of carbonyl (C=O) groups is 2. The number of aliphatic hydroxyl groups is 1. The molecule has 0 bridgehead atoms. The number of hydrogen-bond acceptors (Lipinski definition) is 8. The first-order chi connectivity index (χ1) is 21.4. The normalized spacial score (nSPS) is 17.1. The first kappa shape index (κ1) is 34.6. The quantitative estimate of drug-likeness (QED) is 0.236. The number of nitrogens with one attached hydrogen (secondary N) is 2. The van der Waals surface area contributed by atoms with Crippen molar-refractivity contribution in [2.75, 3.05) is 30.7 Å². The summed E-state index contributed by atoms with van der Waals surface area (Å²) in [4.78, 5) is 34.3. The van der Waals surface area contributed by atoms with E-state index in [-0.39, 0.29) is 34.8 Å². The lowest BCUT2D eigenvalue weighted by molar-refractivity contribution is 0.0697.